The largest absolute Gasteiger partial charge is 0.545 e. The summed E-state index contributed by atoms with van der Waals surface area (Å²) in [5, 5.41) is 16.3. The molecule has 25 heavy (non-hydrogen) atoms. The molecule has 0 bridgehead atoms. The Labute approximate surface area is 143 Å². The molecular formula is C15H14N3O6S-. The van der Waals surface area contributed by atoms with Crippen molar-refractivity contribution in [2.75, 3.05) is 10.0 Å². The number of aryl methyl sites for hydroxylation is 1. The first-order valence-electron chi connectivity index (χ1n) is 6.95. The number of carbonyl (C=O) groups excluding carboxylic acids is 2. The molecule has 0 aliphatic heterocycles. The molecule has 1 amide bonds. The normalized spacial score (nSPS) is 11.4. The predicted octanol–water partition coefficient (Wildman–Crippen LogP) is 0.337. The standard InChI is InChI=1S/C15H15N3O6S/c1-9-10(2)17-24-15(9)18-25(22,23)12-5-3-11(4-6-12)16-13(19)7-8-14(20)21/h3-8,18H,1-2H3,(H,16,19)(H,20,21)/p-1/b8-7-. The number of anilines is 2. The Morgan fingerprint density at radius 1 is 1.16 bits per heavy atom. The summed E-state index contributed by atoms with van der Waals surface area (Å²) in [4.78, 5) is 21.6. The first-order chi connectivity index (χ1) is 11.7. The molecule has 1 heterocycles. The van der Waals surface area contributed by atoms with Crippen molar-refractivity contribution in [1.82, 2.24) is 5.16 Å². The van der Waals surface area contributed by atoms with Crippen molar-refractivity contribution in [2.45, 2.75) is 18.7 Å². The zero-order valence-electron chi connectivity index (χ0n) is 13.3. The number of carbonyl (C=O) groups is 2. The second-order valence-corrected chi connectivity index (χ2v) is 6.68. The SMILES string of the molecule is Cc1noc(NS(=O)(=O)c2ccc(NC(=O)/C=C\C(=O)[O-])cc2)c1C. The van der Waals surface area contributed by atoms with Crippen LogP contribution in [0.3, 0.4) is 0 Å². The predicted molar refractivity (Wildman–Crippen MR) is 86.0 cm³/mol. The van der Waals surface area contributed by atoms with Gasteiger partial charge in [-0.1, -0.05) is 5.16 Å². The van der Waals surface area contributed by atoms with Crippen molar-refractivity contribution in [1.29, 1.82) is 0 Å². The Hall–Kier alpha value is -3.14. The molecule has 0 spiro atoms. The van der Waals surface area contributed by atoms with Gasteiger partial charge in [0, 0.05) is 17.3 Å². The van der Waals surface area contributed by atoms with E-state index in [1.807, 2.05) is 0 Å². The van der Waals surface area contributed by atoms with Crippen molar-refractivity contribution in [3.63, 3.8) is 0 Å². The van der Waals surface area contributed by atoms with Crippen molar-refractivity contribution in [3.8, 4) is 0 Å². The number of hydrogen-bond donors (Lipinski definition) is 2. The third kappa shape index (κ3) is 4.67. The van der Waals surface area contributed by atoms with E-state index in [1.165, 1.54) is 24.3 Å². The fourth-order valence-electron chi connectivity index (χ4n) is 1.74. The van der Waals surface area contributed by atoms with Gasteiger partial charge in [-0.25, -0.2) is 13.1 Å². The molecule has 2 N–H and O–H groups in total. The summed E-state index contributed by atoms with van der Waals surface area (Å²) in [7, 11) is -3.89. The topological polar surface area (TPSA) is 141 Å². The van der Waals surface area contributed by atoms with Crippen LogP contribution in [-0.4, -0.2) is 25.5 Å². The summed E-state index contributed by atoms with van der Waals surface area (Å²) < 4.78 is 31.8. The van der Waals surface area contributed by atoms with Crippen LogP contribution < -0.4 is 15.1 Å². The highest BCUT2D eigenvalue weighted by Crippen LogP contribution is 2.22. The van der Waals surface area contributed by atoms with Gasteiger partial charge in [-0.15, -0.1) is 0 Å². The van der Waals surface area contributed by atoms with E-state index in [4.69, 9.17) is 4.52 Å². The Kier molecular flexibility index (Phi) is 5.22. The number of amides is 1. The number of rotatable bonds is 6. The number of nitrogens with one attached hydrogen (secondary N) is 2. The van der Waals surface area contributed by atoms with Crippen LogP contribution in [0.5, 0.6) is 0 Å². The van der Waals surface area contributed by atoms with Gasteiger partial charge in [-0.3, -0.25) is 4.79 Å². The molecular weight excluding hydrogens is 350 g/mol. The number of aliphatic carboxylic acids is 1. The summed E-state index contributed by atoms with van der Waals surface area (Å²) in [5.41, 5.74) is 1.44. The number of carboxylic acids is 1. The maximum Gasteiger partial charge on any atom is 0.264 e. The van der Waals surface area contributed by atoms with E-state index in [1.54, 1.807) is 13.8 Å². The molecule has 0 saturated carbocycles. The number of benzene rings is 1. The number of sulfonamides is 1. The molecule has 2 aromatic rings. The van der Waals surface area contributed by atoms with Gasteiger partial charge in [0.15, 0.2) is 0 Å². The van der Waals surface area contributed by atoms with Gasteiger partial charge < -0.3 is 19.7 Å². The Morgan fingerprint density at radius 2 is 1.80 bits per heavy atom. The van der Waals surface area contributed by atoms with E-state index in [2.05, 4.69) is 15.2 Å². The molecule has 2 rings (SSSR count). The van der Waals surface area contributed by atoms with Gasteiger partial charge in [-0.05, 0) is 44.2 Å². The number of carboxylic acid groups (broad SMARTS) is 1. The molecule has 0 aliphatic rings. The molecule has 0 fully saturated rings. The highest BCUT2D eigenvalue weighted by atomic mass is 32.2. The Balaban J connectivity index is 2.11. The molecule has 0 radical (unpaired) electrons. The van der Waals surface area contributed by atoms with Crippen LogP contribution in [0, 0.1) is 13.8 Å². The highest BCUT2D eigenvalue weighted by Gasteiger charge is 2.19. The van der Waals surface area contributed by atoms with Crippen molar-refractivity contribution in [3.05, 3.63) is 47.7 Å². The average molecular weight is 364 g/mol. The van der Waals surface area contributed by atoms with Gasteiger partial charge in [-0.2, -0.15) is 0 Å². The third-order valence-electron chi connectivity index (χ3n) is 3.19. The maximum atomic E-state index is 12.3. The average Bonchev–Trinajstić information content (AvgIpc) is 2.85. The van der Waals surface area contributed by atoms with Gasteiger partial charge in [0.25, 0.3) is 10.0 Å². The van der Waals surface area contributed by atoms with E-state index < -0.39 is 21.9 Å². The molecule has 0 atom stereocenters. The monoisotopic (exact) mass is 364 g/mol. The molecule has 132 valence electrons. The summed E-state index contributed by atoms with van der Waals surface area (Å²) in [6, 6.07) is 5.27. The van der Waals surface area contributed by atoms with E-state index in [0.717, 1.165) is 6.08 Å². The summed E-state index contributed by atoms with van der Waals surface area (Å²) >= 11 is 0. The zero-order valence-corrected chi connectivity index (χ0v) is 14.1. The lowest BCUT2D eigenvalue weighted by molar-refractivity contribution is -0.297. The highest BCUT2D eigenvalue weighted by molar-refractivity contribution is 7.92. The molecule has 1 aromatic heterocycles. The first-order valence-corrected chi connectivity index (χ1v) is 8.43. The molecule has 10 heteroatoms. The van der Waals surface area contributed by atoms with Crippen molar-refractivity contribution >= 4 is 33.5 Å². The number of nitrogens with zero attached hydrogens (tertiary/aromatic N) is 1. The summed E-state index contributed by atoms with van der Waals surface area (Å²) in [5.74, 6) is -2.16. The van der Waals surface area contributed by atoms with Gasteiger partial charge in [0.05, 0.1) is 16.6 Å². The van der Waals surface area contributed by atoms with Crippen LogP contribution in [0.25, 0.3) is 0 Å². The fourth-order valence-corrected chi connectivity index (χ4v) is 2.78. The Bertz CT molecular complexity index is 929. The first kappa shape index (κ1) is 18.2. The molecule has 0 saturated heterocycles. The molecule has 1 aromatic carbocycles. The lowest BCUT2D eigenvalue weighted by Gasteiger charge is -2.07. The van der Waals surface area contributed by atoms with Crippen LogP contribution in [0.4, 0.5) is 11.6 Å². The van der Waals surface area contributed by atoms with Crippen LogP contribution in [0.15, 0.2) is 45.8 Å². The second kappa shape index (κ2) is 7.18. The summed E-state index contributed by atoms with van der Waals surface area (Å²) in [6.45, 7) is 3.35. The van der Waals surface area contributed by atoms with Crippen molar-refractivity contribution in [2.24, 2.45) is 0 Å². The van der Waals surface area contributed by atoms with Crippen LogP contribution in [-0.2, 0) is 19.6 Å². The van der Waals surface area contributed by atoms with E-state index >= 15 is 0 Å². The minimum Gasteiger partial charge on any atom is -0.545 e. The van der Waals surface area contributed by atoms with E-state index in [-0.39, 0.29) is 10.8 Å². The fraction of sp³-hybridized carbons (Fsp3) is 0.133. The smallest absolute Gasteiger partial charge is 0.264 e. The van der Waals surface area contributed by atoms with Crippen LogP contribution in [0.1, 0.15) is 11.3 Å². The third-order valence-corrected chi connectivity index (χ3v) is 4.53. The molecule has 0 unspecified atom stereocenters. The van der Waals surface area contributed by atoms with Gasteiger partial charge in [0.1, 0.15) is 0 Å². The van der Waals surface area contributed by atoms with Gasteiger partial charge in [0.2, 0.25) is 11.8 Å². The second-order valence-electron chi connectivity index (χ2n) is 4.99. The zero-order chi connectivity index (χ0) is 18.6. The van der Waals surface area contributed by atoms with E-state index in [9.17, 15) is 23.1 Å². The quantitative estimate of drug-likeness (QED) is 0.704. The molecule has 9 nitrogen and oxygen atoms in total. The van der Waals surface area contributed by atoms with E-state index in [0.29, 0.717) is 23.0 Å². The molecule has 0 aliphatic carbocycles. The summed E-state index contributed by atoms with van der Waals surface area (Å²) in [6.07, 6.45) is 1.37. The van der Waals surface area contributed by atoms with Crippen LogP contribution in [0.2, 0.25) is 0 Å². The lowest BCUT2D eigenvalue weighted by atomic mass is 10.3. The number of hydrogen-bond acceptors (Lipinski definition) is 7. The van der Waals surface area contributed by atoms with Crippen molar-refractivity contribution < 1.29 is 27.6 Å². The van der Waals surface area contributed by atoms with Crippen LogP contribution >= 0.6 is 0 Å². The lowest BCUT2D eigenvalue weighted by Crippen LogP contribution is -2.20. The maximum absolute atomic E-state index is 12.3. The minimum absolute atomic E-state index is 0.0299. The minimum atomic E-state index is -3.89. The number of aromatic nitrogens is 1. The Morgan fingerprint density at radius 3 is 2.32 bits per heavy atom. The van der Waals surface area contributed by atoms with Gasteiger partial charge >= 0.3 is 0 Å².